The summed E-state index contributed by atoms with van der Waals surface area (Å²) in [6.45, 7) is 9.80. The molecule has 0 radical (unpaired) electrons. The number of anilines is 1. The van der Waals surface area contributed by atoms with E-state index in [0.29, 0.717) is 19.6 Å². The molecule has 3 aliphatic rings. The fourth-order valence-electron chi connectivity index (χ4n) is 5.42. The number of fused-ring (bicyclic) bond motifs is 2. The van der Waals surface area contributed by atoms with Crippen LogP contribution in [0.5, 0.6) is 0 Å². The van der Waals surface area contributed by atoms with E-state index >= 15 is 0 Å². The molecule has 0 aromatic heterocycles. The number of nitrogens with zero attached hydrogens (tertiary/aromatic N) is 2. The van der Waals surface area contributed by atoms with Crippen molar-refractivity contribution >= 4 is 17.5 Å². The molecule has 2 fully saturated rings. The van der Waals surface area contributed by atoms with Crippen LogP contribution in [0.15, 0.2) is 36.9 Å². The van der Waals surface area contributed by atoms with Crippen molar-refractivity contribution in [2.24, 2.45) is 11.3 Å². The third-order valence-corrected chi connectivity index (χ3v) is 6.37. The summed E-state index contributed by atoms with van der Waals surface area (Å²) in [7, 11) is 0. The largest absolute Gasteiger partial charge is 0.338 e. The monoisotopic (exact) mass is 324 g/mol. The fraction of sp³-hybridized carbons (Fsp3) is 0.500. The highest BCUT2D eigenvalue weighted by Gasteiger charge is 2.78. The first-order valence-corrected chi connectivity index (χ1v) is 8.84. The van der Waals surface area contributed by atoms with Crippen molar-refractivity contribution in [2.75, 3.05) is 24.5 Å². The van der Waals surface area contributed by atoms with Gasteiger partial charge in [-0.2, -0.15) is 0 Å². The van der Waals surface area contributed by atoms with E-state index < -0.39 is 5.41 Å². The molecule has 1 aromatic rings. The molecule has 2 heterocycles. The van der Waals surface area contributed by atoms with E-state index in [9.17, 15) is 9.59 Å². The van der Waals surface area contributed by atoms with Crippen LogP contribution in [0, 0.1) is 11.3 Å². The highest BCUT2D eigenvalue weighted by molar-refractivity contribution is 6.18. The summed E-state index contributed by atoms with van der Waals surface area (Å²) in [5, 5.41) is 0. The number of hydrogen-bond acceptors (Lipinski definition) is 2. The zero-order valence-corrected chi connectivity index (χ0v) is 14.4. The number of rotatable bonds is 4. The quantitative estimate of drug-likeness (QED) is 0.631. The van der Waals surface area contributed by atoms with E-state index in [1.165, 1.54) is 0 Å². The van der Waals surface area contributed by atoms with E-state index in [2.05, 4.69) is 26.5 Å². The molecule has 1 aromatic carbocycles. The molecule has 2 amide bonds. The van der Waals surface area contributed by atoms with Gasteiger partial charge in [0.2, 0.25) is 11.8 Å². The van der Waals surface area contributed by atoms with E-state index in [-0.39, 0.29) is 23.1 Å². The standard InChI is InChI=1S/C20H24N2O2/c1-4-10-21-13-14-12-19(3)15-8-6-7-9-16(15)22(11-5-2)18(24)20(14,19)17(21)23/h4,6-9,14H,1,5,10-13H2,2-3H3/t14-,19-,20-/m1/s1. The van der Waals surface area contributed by atoms with Gasteiger partial charge in [0, 0.05) is 36.7 Å². The molecule has 126 valence electrons. The zero-order chi connectivity index (χ0) is 17.1. The average Bonchev–Trinajstić information content (AvgIpc) is 2.79. The second kappa shape index (κ2) is 4.95. The molecule has 1 spiro atoms. The Morgan fingerprint density at radius 3 is 2.75 bits per heavy atom. The van der Waals surface area contributed by atoms with Gasteiger partial charge in [0.15, 0.2) is 0 Å². The van der Waals surface area contributed by atoms with Crippen LogP contribution in [-0.4, -0.2) is 36.3 Å². The predicted molar refractivity (Wildman–Crippen MR) is 93.8 cm³/mol. The van der Waals surface area contributed by atoms with Crippen molar-refractivity contribution in [2.45, 2.75) is 32.1 Å². The van der Waals surface area contributed by atoms with E-state index in [1.54, 1.807) is 6.08 Å². The van der Waals surface area contributed by atoms with Gasteiger partial charge in [-0.25, -0.2) is 0 Å². The third kappa shape index (κ3) is 1.50. The van der Waals surface area contributed by atoms with Crippen LogP contribution in [0.2, 0.25) is 0 Å². The van der Waals surface area contributed by atoms with E-state index in [4.69, 9.17) is 0 Å². The number of hydrogen-bond donors (Lipinski definition) is 0. The Balaban J connectivity index is 1.90. The number of likely N-dealkylation sites (tertiary alicyclic amines) is 1. The molecular weight excluding hydrogens is 300 g/mol. The highest BCUT2D eigenvalue weighted by Crippen LogP contribution is 2.69. The molecule has 1 aliphatic carbocycles. The fourth-order valence-corrected chi connectivity index (χ4v) is 5.42. The molecule has 2 aliphatic heterocycles. The van der Waals surface area contributed by atoms with Crippen molar-refractivity contribution < 1.29 is 9.59 Å². The lowest BCUT2D eigenvalue weighted by atomic mass is 9.41. The summed E-state index contributed by atoms with van der Waals surface area (Å²) < 4.78 is 0. The zero-order valence-electron chi connectivity index (χ0n) is 14.4. The maximum absolute atomic E-state index is 13.6. The lowest BCUT2D eigenvalue weighted by Gasteiger charge is -2.61. The second-order valence-corrected chi connectivity index (χ2v) is 7.51. The first-order chi connectivity index (χ1) is 11.5. The molecule has 1 saturated carbocycles. The Morgan fingerprint density at radius 1 is 1.29 bits per heavy atom. The average molecular weight is 324 g/mol. The molecule has 3 atom stereocenters. The van der Waals surface area contributed by atoms with Crippen molar-refractivity contribution in [3.8, 4) is 0 Å². The number of carbonyl (C=O) groups excluding carboxylic acids is 2. The summed E-state index contributed by atoms with van der Waals surface area (Å²) in [5.74, 6) is 0.135. The Bertz CT molecular complexity index is 743. The summed E-state index contributed by atoms with van der Waals surface area (Å²) in [6, 6.07) is 8.12. The number of para-hydroxylation sites is 1. The second-order valence-electron chi connectivity index (χ2n) is 7.51. The number of carbonyl (C=O) groups is 2. The van der Waals surface area contributed by atoms with Crippen LogP contribution in [0.25, 0.3) is 0 Å². The topological polar surface area (TPSA) is 40.6 Å². The minimum atomic E-state index is -0.903. The summed E-state index contributed by atoms with van der Waals surface area (Å²) in [5.41, 5.74) is 0.858. The van der Waals surface area contributed by atoms with Crippen LogP contribution in [-0.2, 0) is 15.0 Å². The van der Waals surface area contributed by atoms with E-state index in [0.717, 1.165) is 24.1 Å². The van der Waals surface area contributed by atoms with Crippen LogP contribution < -0.4 is 4.90 Å². The van der Waals surface area contributed by atoms with Crippen molar-refractivity contribution in [3.63, 3.8) is 0 Å². The summed E-state index contributed by atoms with van der Waals surface area (Å²) >= 11 is 0. The number of benzene rings is 1. The van der Waals surface area contributed by atoms with Gasteiger partial charge in [-0.3, -0.25) is 9.59 Å². The third-order valence-electron chi connectivity index (χ3n) is 6.37. The Morgan fingerprint density at radius 2 is 2.04 bits per heavy atom. The van der Waals surface area contributed by atoms with Gasteiger partial charge >= 0.3 is 0 Å². The Labute approximate surface area is 143 Å². The van der Waals surface area contributed by atoms with Gasteiger partial charge in [-0.1, -0.05) is 38.1 Å². The molecular formula is C20H24N2O2. The molecule has 4 nitrogen and oxygen atoms in total. The SMILES string of the molecule is C=CCN1C[C@H]2C[C@]3(C)c4ccccc4N(CCC)C(=O)[C@]23C1=O. The van der Waals surface area contributed by atoms with Crippen molar-refractivity contribution in [1.29, 1.82) is 0 Å². The maximum atomic E-state index is 13.6. The van der Waals surface area contributed by atoms with Gasteiger partial charge in [0.25, 0.3) is 0 Å². The molecule has 0 unspecified atom stereocenters. The first kappa shape index (κ1) is 15.4. The minimum Gasteiger partial charge on any atom is -0.338 e. The van der Waals surface area contributed by atoms with Crippen LogP contribution in [0.1, 0.15) is 32.3 Å². The first-order valence-electron chi connectivity index (χ1n) is 8.84. The predicted octanol–water partition coefficient (Wildman–Crippen LogP) is 2.74. The molecule has 0 bridgehead atoms. The van der Waals surface area contributed by atoms with Gasteiger partial charge < -0.3 is 9.80 Å². The van der Waals surface area contributed by atoms with E-state index in [1.807, 2.05) is 28.0 Å². The number of amides is 2. The van der Waals surface area contributed by atoms with Crippen LogP contribution >= 0.6 is 0 Å². The smallest absolute Gasteiger partial charge is 0.243 e. The van der Waals surface area contributed by atoms with Gasteiger partial charge in [0.05, 0.1) is 0 Å². The van der Waals surface area contributed by atoms with Crippen LogP contribution in [0.4, 0.5) is 5.69 Å². The van der Waals surface area contributed by atoms with Crippen LogP contribution in [0.3, 0.4) is 0 Å². The molecule has 1 saturated heterocycles. The molecule has 24 heavy (non-hydrogen) atoms. The summed E-state index contributed by atoms with van der Waals surface area (Å²) in [6.07, 6.45) is 3.53. The molecule has 4 heteroatoms. The molecule has 4 rings (SSSR count). The lowest BCUT2D eigenvalue weighted by molar-refractivity contribution is -0.162. The Kier molecular flexibility index (Phi) is 3.18. The van der Waals surface area contributed by atoms with Gasteiger partial charge in [-0.15, -0.1) is 6.58 Å². The van der Waals surface area contributed by atoms with Gasteiger partial charge in [-0.05, 0) is 24.5 Å². The maximum Gasteiger partial charge on any atom is 0.243 e. The van der Waals surface area contributed by atoms with Crippen molar-refractivity contribution in [1.82, 2.24) is 4.90 Å². The van der Waals surface area contributed by atoms with Gasteiger partial charge in [0.1, 0.15) is 5.41 Å². The minimum absolute atomic E-state index is 0.00163. The highest BCUT2D eigenvalue weighted by atomic mass is 16.2. The molecule has 0 N–H and O–H groups in total. The van der Waals surface area contributed by atoms with Crippen molar-refractivity contribution in [3.05, 3.63) is 42.5 Å². The normalized spacial score (nSPS) is 33.7. The summed E-state index contributed by atoms with van der Waals surface area (Å²) in [4.78, 5) is 30.6. The lowest BCUT2D eigenvalue weighted by Crippen LogP contribution is -2.71. The Hall–Kier alpha value is -2.10.